The van der Waals surface area contributed by atoms with Crippen LogP contribution in [-0.4, -0.2) is 35.6 Å². The number of nitrogens with zero attached hydrogens (tertiary/aromatic N) is 2. The first-order valence-corrected chi connectivity index (χ1v) is 22.5. The molecule has 2 aliphatic rings. The molecule has 4 aromatic rings. The summed E-state index contributed by atoms with van der Waals surface area (Å²) in [5.41, 5.74) is 8.12. The van der Waals surface area contributed by atoms with Gasteiger partial charge in [0.1, 0.15) is 7.05 Å². The highest BCUT2D eigenvalue weighted by Crippen LogP contribution is 2.51. The Morgan fingerprint density at radius 2 is 1.02 bits per heavy atom. The molecule has 0 atom stereocenters. The Hall–Kier alpha value is -4.21. The summed E-state index contributed by atoms with van der Waals surface area (Å²) in [6.07, 6.45) is 36.8. The van der Waals surface area contributed by atoms with E-state index in [9.17, 15) is 0 Å². The van der Waals surface area contributed by atoms with Gasteiger partial charge in [0.05, 0.1) is 5.41 Å². The van der Waals surface area contributed by atoms with Crippen molar-refractivity contribution in [1.29, 1.82) is 0 Å². The molecule has 3 nitrogen and oxygen atoms in total. The first-order chi connectivity index (χ1) is 27.8. The Balaban J connectivity index is 1.01. The van der Waals surface area contributed by atoms with E-state index in [1.54, 1.807) is 0 Å². The smallest absolute Gasteiger partial charge is 0.210 e. The van der Waals surface area contributed by atoms with Gasteiger partial charge in [0.15, 0.2) is 5.71 Å². The summed E-state index contributed by atoms with van der Waals surface area (Å²) in [5.74, 6) is 0. The van der Waals surface area contributed by atoms with Gasteiger partial charge in [-0.2, -0.15) is 4.58 Å². The van der Waals surface area contributed by atoms with Gasteiger partial charge >= 0.3 is 0 Å². The SMILES string of the molecule is C[N+]1=C(/C=C/C=C/C=C/C=C2/N(CCCCCCCCCCCCCCCCCCO)c3ccc4ccccc4c3C2(C)C)C(C)(C)c2c1ccc1ccccc21. The lowest BCUT2D eigenvalue weighted by Gasteiger charge is -2.27. The highest BCUT2D eigenvalue weighted by atomic mass is 16.2. The fourth-order valence-corrected chi connectivity index (χ4v) is 9.81. The Bertz CT molecular complexity index is 2090. The van der Waals surface area contributed by atoms with Gasteiger partial charge in [-0.15, -0.1) is 0 Å². The topological polar surface area (TPSA) is 26.5 Å². The van der Waals surface area contributed by atoms with Crippen LogP contribution in [0.3, 0.4) is 0 Å². The van der Waals surface area contributed by atoms with Gasteiger partial charge in [0, 0.05) is 47.7 Å². The molecule has 2 heterocycles. The average molecular weight is 764 g/mol. The summed E-state index contributed by atoms with van der Waals surface area (Å²) in [6.45, 7) is 10.9. The molecule has 1 N–H and O–H groups in total. The minimum Gasteiger partial charge on any atom is -0.396 e. The van der Waals surface area contributed by atoms with E-state index in [0.717, 1.165) is 13.0 Å². The molecule has 302 valence electrons. The van der Waals surface area contributed by atoms with Crippen molar-refractivity contribution in [1.82, 2.24) is 0 Å². The molecule has 0 aliphatic carbocycles. The minimum atomic E-state index is -0.0844. The van der Waals surface area contributed by atoms with E-state index in [2.05, 4.69) is 160 Å². The van der Waals surface area contributed by atoms with Gasteiger partial charge in [0.25, 0.3) is 0 Å². The first-order valence-electron chi connectivity index (χ1n) is 22.5. The number of allylic oxidation sites excluding steroid dienone is 8. The fourth-order valence-electron chi connectivity index (χ4n) is 9.81. The second kappa shape index (κ2) is 20.5. The molecule has 0 aromatic heterocycles. The summed E-state index contributed by atoms with van der Waals surface area (Å²) in [5, 5.41) is 14.3. The predicted molar refractivity (Wildman–Crippen MR) is 249 cm³/mol. The van der Waals surface area contributed by atoms with Crippen molar-refractivity contribution < 1.29 is 9.68 Å². The van der Waals surface area contributed by atoms with Crippen molar-refractivity contribution in [3.05, 3.63) is 132 Å². The van der Waals surface area contributed by atoms with E-state index in [-0.39, 0.29) is 10.8 Å². The molecule has 0 saturated heterocycles. The van der Waals surface area contributed by atoms with Crippen molar-refractivity contribution in [3.8, 4) is 0 Å². The number of benzene rings is 4. The molecule has 6 rings (SSSR count). The van der Waals surface area contributed by atoms with Gasteiger partial charge in [-0.1, -0.05) is 189 Å². The quantitative estimate of drug-likeness (QED) is 0.0490. The third-order valence-electron chi connectivity index (χ3n) is 12.9. The van der Waals surface area contributed by atoms with Crippen molar-refractivity contribution in [2.75, 3.05) is 25.1 Å². The molecule has 57 heavy (non-hydrogen) atoms. The number of anilines is 1. The van der Waals surface area contributed by atoms with Crippen LogP contribution in [0.4, 0.5) is 11.4 Å². The van der Waals surface area contributed by atoms with Crippen LogP contribution >= 0.6 is 0 Å². The molecule has 0 bridgehead atoms. The van der Waals surface area contributed by atoms with Crippen LogP contribution in [0.2, 0.25) is 0 Å². The minimum absolute atomic E-state index is 0.0755. The molecule has 0 unspecified atom stereocenters. The molecule has 0 fully saturated rings. The second-order valence-electron chi connectivity index (χ2n) is 17.8. The summed E-state index contributed by atoms with van der Waals surface area (Å²) in [6, 6.07) is 26.9. The second-order valence-corrected chi connectivity index (χ2v) is 17.8. The van der Waals surface area contributed by atoms with Crippen LogP contribution < -0.4 is 4.90 Å². The monoisotopic (exact) mass is 764 g/mol. The summed E-state index contributed by atoms with van der Waals surface area (Å²) in [4.78, 5) is 2.63. The van der Waals surface area contributed by atoms with Crippen LogP contribution in [0, 0.1) is 0 Å². The van der Waals surface area contributed by atoms with Gasteiger partial charge in [-0.05, 0) is 72.0 Å². The average Bonchev–Trinajstić information content (AvgIpc) is 3.55. The van der Waals surface area contributed by atoms with Gasteiger partial charge in [-0.3, -0.25) is 0 Å². The Morgan fingerprint density at radius 3 is 1.61 bits per heavy atom. The van der Waals surface area contributed by atoms with E-state index < -0.39 is 0 Å². The standard InChI is InChI=1S/C54H71N2O/c1-53(2)49(55(5)47-39-37-43-31-25-27-33-45(43)51(47)53)35-23-19-18-20-24-36-50-54(3,4)52-46-34-28-26-32-44(46)38-40-48(52)56(50)41-29-21-16-14-12-10-8-6-7-9-11-13-15-17-22-30-42-57/h18-20,23-28,31-40,57H,6-17,21-22,29-30,41-42H2,1-5H3/q+1. The molecule has 0 saturated carbocycles. The van der Waals surface area contributed by atoms with Crippen LogP contribution in [0.1, 0.15) is 142 Å². The molecule has 3 heteroatoms. The lowest BCUT2D eigenvalue weighted by atomic mass is 9.79. The van der Waals surface area contributed by atoms with Crippen molar-refractivity contribution in [2.24, 2.45) is 0 Å². The normalized spacial score (nSPS) is 16.8. The highest BCUT2D eigenvalue weighted by Gasteiger charge is 2.44. The third kappa shape index (κ3) is 10.1. The number of hydrogen-bond donors (Lipinski definition) is 1. The van der Waals surface area contributed by atoms with E-state index >= 15 is 0 Å². The highest BCUT2D eigenvalue weighted by molar-refractivity contribution is 6.07. The van der Waals surface area contributed by atoms with E-state index in [0.29, 0.717) is 6.61 Å². The molecule has 2 aliphatic heterocycles. The number of rotatable bonds is 22. The first kappa shape index (κ1) is 42.4. The summed E-state index contributed by atoms with van der Waals surface area (Å²) < 4.78 is 2.36. The number of fused-ring (bicyclic) bond motifs is 6. The fraction of sp³-hybridized carbons (Fsp3) is 0.463. The predicted octanol–water partition coefficient (Wildman–Crippen LogP) is 14.6. The van der Waals surface area contributed by atoms with Crippen molar-refractivity contribution in [2.45, 2.75) is 141 Å². The molecular weight excluding hydrogens is 693 g/mol. The van der Waals surface area contributed by atoms with E-state index in [1.807, 2.05) is 0 Å². The Morgan fingerprint density at radius 1 is 0.526 bits per heavy atom. The molecule has 0 spiro atoms. The van der Waals surface area contributed by atoms with E-state index in [4.69, 9.17) is 5.11 Å². The molecule has 0 amide bonds. The number of aliphatic hydroxyl groups is 1. The number of aliphatic hydroxyl groups excluding tert-OH is 1. The van der Waals surface area contributed by atoms with Crippen LogP contribution in [-0.2, 0) is 10.8 Å². The molecular formula is C54H71N2O+. The summed E-state index contributed by atoms with van der Waals surface area (Å²) >= 11 is 0. The van der Waals surface area contributed by atoms with Gasteiger partial charge < -0.3 is 10.0 Å². The van der Waals surface area contributed by atoms with Crippen molar-refractivity contribution >= 4 is 38.6 Å². The zero-order chi connectivity index (χ0) is 40.1. The zero-order valence-corrected chi connectivity index (χ0v) is 36.0. The number of hydrogen-bond acceptors (Lipinski definition) is 2. The van der Waals surface area contributed by atoms with E-state index in [1.165, 1.54) is 152 Å². The maximum atomic E-state index is 8.90. The van der Waals surface area contributed by atoms with Crippen LogP contribution in [0.5, 0.6) is 0 Å². The van der Waals surface area contributed by atoms with Crippen LogP contribution in [0.25, 0.3) is 21.5 Å². The maximum absolute atomic E-state index is 8.90. The van der Waals surface area contributed by atoms with Crippen LogP contribution in [0.15, 0.2) is 121 Å². The molecule has 0 radical (unpaired) electrons. The Labute approximate surface area is 345 Å². The zero-order valence-electron chi connectivity index (χ0n) is 36.0. The summed E-state index contributed by atoms with van der Waals surface area (Å²) in [7, 11) is 2.20. The lowest BCUT2D eigenvalue weighted by Crippen LogP contribution is -2.27. The maximum Gasteiger partial charge on any atom is 0.210 e. The largest absolute Gasteiger partial charge is 0.396 e. The third-order valence-corrected chi connectivity index (χ3v) is 12.9. The van der Waals surface area contributed by atoms with Gasteiger partial charge in [0.2, 0.25) is 5.69 Å². The molecule has 4 aromatic carbocycles. The van der Waals surface area contributed by atoms with Gasteiger partial charge in [-0.25, -0.2) is 0 Å². The number of unbranched alkanes of at least 4 members (excludes halogenated alkanes) is 15. The lowest BCUT2D eigenvalue weighted by molar-refractivity contribution is -0.401. The van der Waals surface area contributed by atoms with Crippen molar-refractivity contribution in [3.63, 3.8) is 0 Å². The Kier molecular flexibility index (Phi) is 15.2.